The standard InChI is InChI=1S/C13H14FN3O2/c1-9-15-13(19-16-9)12-8-17(6-7-18-12)11-4-2-10(14)3-5-11/h2-5,12H,6-8H2,1H3/t12-/m1/s1. The van der Waals surface area contributed by atoms with Crippen LogP contribution < -0.4 is 4.90 Å². The highest BCUT2D eigenvalue weighted by Crippen LogP contribution is 2.25. The number of nitrogens with zero attached hydrogens (tertiary/aromatic N) is 3. The third kappa shape index (κ3) is 2.58. The summed E-state index contributed by atoms with van der Waals surface area (Å²) in [6, 6.07) is 6.43. The molecule has 5 nitrogen and oxygen atoms in total. The van der Waals surface area contributed by atoms with Crippen LogP contribution in [0.15, 0.2) is 28.8 Å². The Morgan fingerprint density at radius 3 is 2.79 bits per heavy atom. The van der Waals surface area contributed by atoms with E-state index in [9.17, 15) is 4.39 Å². The van der Waals surface area contributed by atoms with Crippen LogP contribution in [0.25, 0.3) is 0 Å². The molecule has 1 fully saturated rings. The lowest BCUT2D eigenvalue weighted by atomic mass is 10.2. The first kappa shape index (κ1) is 12.1. The first-order valence-electron chi connectivity index (χ1n) is 6.15. The normalized spacial score (nSPS) is 19.7. The van der Waals surface area contributed by atoms with Crippen LogP contribution in [0.2, 0.25) is 0 Å². The van der Waals surface area contributed by atoms with E-state index in [4.69, 9.17) is 9.26 Å². The van der Waals surface area contributed by atoms with E-state index in [0.717, 1.165) is 12.2 Å². The average molecular weight is 263 g/mol. The molecule has 2 aromatic rings. The maximum absolute atomic E-state index is 12.9. The lowest BCUT2D eigenvalue weighted by Crippen LogP contribution is -2.38. The third-order valence-corrected chi connectivity index (χ3v) is 3.08. The number of morpholine rings is 1. The molecule has 0 N–H and O–H groups in total. The predicted octanol–water partition coefficient (Wildman–Crippen LogP) is 2.10. The molecule has 0 radical (unpaired) electrons. The van der Waals surface area contributed by atoms with Gasteiger partial charge in [0.05, 0.1) is 13.2 Å². The molecule has 1 aliphatic heterocycles. The Morgan fingerprint density at radius 2 is 2.11 bits per heavy atom. The summed E-state index contributed by atoms with van der Waals surface area (Å²) in [6.07, 6.45) is -0.236. The van der Waals surface area contributed by atoms with Crippen LogP contribution in [0, 0.1) is 12.7 Å². The van der Waals surface area contributed by atoms with Crippen molar-refractivity contribution in [2.75, 3.05) is 24.6 Å². The van der Waals surface area contributed by atoms with Crippen molar-refractivity contribution in [2.24, 2.45) is 0 Å². The van der Waals surface area contributed by atoms with Crippen molar-refractivity contribution in [1.82, 2.24) is 10.1 Å². The molecule has 0 spiro atoms. The number of ether oxygens (including phenoxy) is 1. The molecule has 0 unspecified atom stereocenters. The maximum atomic E-state index is 12.9. The van der Waals surface area contributed by atoms with Crippen molar-refractivity contribution in [3.05, 3.63) is 41.8 Å². The van der Waals surface area contributed by atoms with Gasteiger partial charge in [0.25, 0.3) is 5.89 Å². The quantitative estimate of drug-likeness (QED) is 0.830. The van der Waals surface area contributed by atoms with Gasteiger partial charge in [-0.3, -0.25) is 0 Å². The molecule has 100 valence electrons. The minimum absolute atomic E-state index is 0.235. The molecule has 19 heavy (non-hydrogen) atoms. The van der Waals surface area contributed by atoms with Crippen LogP contribution in [0.4, 0.5) is 10.1 Å². The van der Waals surface area contributed by atoms with Crippen LogP contribution in [-0.2, 0) is 4.74 Å². The van der Waals surface area contributed by atoms with E-state index in [1.165, 1.54) is 12.1 Å². The zero-order chi connectivity index (χ0) is 13.2. The van der Waals surface area contributed by atoms with Gasteiger partial charge in [0.1, 0.15) is 5.82 Å². The molecule has 0 aliphatic carbocycles. The fourth-order valence-electron chi connectivity index (χ4n) is 2.13. The Labute approximate surface area is 110 Å². The van der Waals surface area contributed by atoms with Gasteiger partial charge < -0.3 is 14.2 Å². The number of aromatic nitrogens is 2. The summed E-state index contributed by atoms with van der Waals surface area (Å²) in [4.78, 5) is 6.31. The second-order valence-corrected chi connectivity index (χ2v) is 4.46. The van der Waals surface area contributed by atoms with Gasteiger partial charge in [-0.25, -0.2) is 4.39 Å². The zero-order valence-corrected chi connectivity index (χ0v) is 10.5. The van der Waals surface area contributed by atoms with Gasteiger partial charge >= 0.3 is 0 Å². The summed E-state index contributed by atoms with van der Waals surface area (Å²) in [5, 5.41) is 3.77. The molecule has 1 aromatic carbocycles. The number of halogens is 1. The van der Waals surface area contributed by atoms with E-state index in [1.807, 2.05) is 0 Å². The van der Waals surface area contributed by atoms with E-state index in [1.54, 1.807) is 19.1 Å². The maximum Gasteiger partial charge on any atom is 0.257 e. The first-order valence-corrected chi connectivity index (χ1v) is 6.15. The minimum atomic E-state index is -0.236. The minimum Gasteiger partial charge on any atom is -0.366 e. The average Bonchev–Trinajstić information content (AvgIpc) is 2.86. The smallest absolute Gasteiger partial charge is 0.257 e. The zero-order valence-electron chi connectivity index (χ0n) is 10.5. The van der Waals surface area contributed by atoms with Crippen molar-refractivity contribution >= 4 is 5.69 Å². The highest BCUT2D eigenvalue weighted by Gasteiger charge is 2.26. The number of hydrogen-bond acceptors (Lipinski definition) is 5. The van der Waals surface area contributed by atoms with Crippen molar-refractivity contribution in [1.29, 1.82) is 0 Å². The summed E-state index contributed by atoms with van der Waals surface area (Å²) < 4.78 is 23.7. The topological polar surface area (TPSA) is 51.4 Å². The van der Waals surface area contributed by atoms with E-state index in [-0.39, 0.29) is 11.9 Å². The Hall–Kier alpha value is -1.95. The fraction of sp³-hybridized carbons (Fsp3) is 0.385. The van der Waals surface area contributed by atoms with Gasteiger partial charge in [-0.2, -0.15) is 4.98 Å². The molecule has 1 saturated heterocycles. The van der Waals surface area contributed by atoms with Gasteiger partial charge in [-0.1, -0.05) is 5.16 Å². The second-order valence-electron chi connectivity index (χ2n) is 4.46. The number of benzene rings is 1. The lowest BCUT2D eigenvalue weighted by Gasteiger charge is -2.32. The Balaban J connectivity index is 1.76. The van der Waals surface area contributed by atoms with Crippen LogP contribution >= 0.6 is 0 Å². The largest absolute Gasteiger partial charge is 0.366 e. The number of anilines is 1. The summed E-state index contributed by atoms with van der Waals surface area (Å²) >= 11 is 0. The fourth-order valence-corrected chi connectivity index (χ4v) is 2.13. The molecule has 1 atom stereocenters. The summed E-state index contributed by atoms with van der Waals surface area (Å²) in [6.45, 7) is 3.72. The first-order chi connectivity index (χ1) is 9.22. The molecule has 0 bridgehead atoms. The monoisotopic (exact) mass is 263 g/mol. The van der Waals surface area contributed by atoms with Crippen molar-refractivity contribution in [3.8, 4) is 0 Å². The van der Waals surface area contributed by atoms with Gasteiger partial charge in [0.15, 0.2) is 11.9 Å². The number of rotatable bonds is 2. The molecule has 2 heterocycles. The van der Waals surface area contributed by atoms with E-state index < -0.39 is 0 Å². The SMILES string of the molecule is Cc1noc([C@H]2CN(c3ccc(F)cc3)CCO2)n1. The van der Waals surface area contributed by atoms with E-state index in [0.29, 0.717) is 24.9 Å². The molecular formula is C13H14FN3O2. The van der Waals surface area contributed by atoms with Crippen LogP contribution in [0.3, 0.4) is 0 Å². The number of hydrogen-bond donors (Lipinski definition) is 0. The Kier molecular flexibility index (Phi) is 3.16. The number of aryl methyl sites for hydroxylation is 1. The van der Waals surface area contributed by atoms with Gasteiger partial charge in [-0.05, 0) is 31.2 Å². The predicted molar refractivity (Wildman–Crippen MR) is 66.3 cm³/mol. The van der Waals surface area contributed by atoms with Crippen molar-refractivity contribution in [2.45, 2.75) is 13.0 Å². The van der Waals surface area contributed by atoms with E-state index >= 15 is 0 Å². The molecular weight excluding hydrogens is 249 g/mol. The highest BCUT2D eigenvalue weighted by atomic mass is 19.1. The lowest BCUT2D eigenvalue weighted by molar-refractivity contribution is 0.0186. The molecule has 6 heteroatoms. The molecule has 0 amide bonds. The summed E-state index contributed by atoms with van der Waals surface area (Å²) in [5.74, 6) is 0.850. The van der Waals surface area contributed by atoms with Crippen LogP contribution in [0.1, 0.15) is 17.8 Å². The van der Waals surface area contributed by atoms with Gasteiger partial charge in [-0.15, -0.1) is 0 Å². The summed E-state index contributed by atoms with van der Waals surface area (Å²) in [5.41, 5.74) is 0.964. The third-order valence-electron chi connectivity index (χ3n) is 3.08. The van der Waals surface area contributed by atoms with Crippen LogP contribution in [0.5, 0.6) is 0 Å². The second kappa shape index (κ2) is 4.97. The Bertz CT molecular complexity index is 555. The van der Waals surface area contributed by atoms with E-state index in [2.05, 4.69) is 15.0 Å². The molecule has 1 aliphatic rings. The highest BCUT2D eigenvalue weighted by molar-refractivity contribution is 5.46. The van der Waals surface area contributed by atoms with Gasteiger partial charge in [0.2, 0.25) is 0 Å². The molecule has 0 saturated carbocycles. The van der Waals surface area contributed by atoms with Crippen LogP contribution in [-0.4, -0.2) is 29.8 Å². The van der Waals surface area contributed by atoms with Crippen molar-refractivity contribution in [3.63, 3.8) is 0 Å². The Morgan fingerprint density at radius 1 is 1.32 bits per heavy atom. The van der Waals surface area contributed by atoms with Gasteiger partial charge in [0, 0.05) is 12.2 Å². The molecule has 3 rings (SSSR count). The van der Waals surface area contributed by atoms with Crippen molar-refractivity contribution < 1.29 is 13.7 Å². The molecule has 1 aromatic heterocycles. The summed E-state index contributed by atoms with van der Waals surface area (Å²) in [7, 11) is 0.